The molecule has 1 heterocycles. The molecule has 5 N–H and O–H groups in total. The molecule has 1 saturated heterocycles. The van der Waals surface area contributed by atoms with Gasteiger partial charge in [-0.2, -0.15) is 0 Å². The average Bonchev–Trinajstić information content (AvgIpc) is 2.40. The number of aliphatic hydroxyl groups excluding tert-OH is 4. The second-order valence-corrected chi connectivity index (χ2v) is 5.57. The summed E-state index contributed by atoms with van der Waals surface area (Å²) in [6, 6.07) is -0.323. The Labute approximate surface area is 115 Å². The zero-order chi connectivity index (χ0) is 14.1. The molecule has 4 unspecified atom stereocenters. The van der Waals surface area contributed by atoms with Crippen molar-refractivity contribution in [3.05, 3.63) is 0 Å². The van der Waals surface area contributed by atoms with Gasteiger partial charge in [-0.3, -0.25) is 0 Å². The van der Waals surface area contributed by atoms with E-state index in [9.17, 15) is 10.2 Å². The van der Waals surface area contributed by atoms with E-state index in [1.807, 2.05) is 0 Å². The van der Waals surface area contributed by atoms with Gasteiger partial charge in [0, 0.05) is 19.1 Å². The standard InChI is InChI=1S/C14H29NO4/c16-8-6-4-2-1-3-5-7-11-13(18)9-14(19)12(10-17)15-11/h11-19H,1-10H2. The van der Waals surface area contributed by atoms with Crippen molar-refractivity contribution in [1.29, 1.82) is 0 Å². The molecular formula is C14H29NO4. The number of rotatable bonds is 9. The van der Waals surface area contributed by atoms with Gasteiger partial charge in [0.2, 0.25) is 0 Å². The lowest BCUT2D eigenvalue weighted by Gasteiger charge is -2.37. The van der Waals surface area contributed by atoms with E-state index in [1.54, 1.807) is 0 Å². The van der Waals surface area contributed by atoms with E-state index in [0.29, 0.717) is 6.42 Å². The highest BCUT2D eigenvalue weighted by Crippen LogP contribution is 2.19. The number of hydrogen-bond donors (Lipinski definition) is 5. The Kier molecular flexibility index (Phi) is 8.57. The molecule has 1 aliphatic rings. The van der Waals surface area contributed by atoms with Crippen molar-refractivity contribution in [2.24, 2.45) is 0 Å². The van der Waals surface area contributed by atoms with Crippen molar-refractivity contribution in [2.75, 3.05) is 13.2 Å². The average molecular weight is 275 g/mol. The third-order valence-electron chi connectivity index (χ3n) is 3.96. The Bertz CT molecular complexity index is 227. The summed E-state index contributed by atoms with van der Waals surface area (Å²) in [7, 11) is 0. The van der Waals surface area contributed by atoms with Crippen LogP contribution in [0.4, 0.5) is 0 Å². The molecule has 4 atom stereocenters. The van der Waals surface area contributed by atoms with E-state index < -0.39 is 12.2 Å². The van der Waals surface area contributed by atoms with Gasteiger partial charge in [-0.15, -0.1) is 0 Å². The summed E-state index contributed by atoms with van der Waals surface area (Å²) < 4.78 is 0. The molecule has 1 fully saturated rings. The van der Waals surface area contributed by atoms with Crippen molar-refractivity contribution in [3.63, 3.8) is 0 Å². The molecule has 114 valence electrons. The number of nitrogens with one attached hydrogen (secondary N) is 1. The number of piperidine rings is 1. The summed E-state index contributed by atoms with van der Waals surface area (Å²) in [5.74, 6) is 0. The Morgan fingerprint density at radius 2 is 1.37 bits per heavy atom. The Hall–Kier alpha value is -0.200. The molecule has 0 saturated carbocycles. The molecule has 19 heavy (non-hydrogen) atoms. The number of aliphatic hydroxyl groups is 4. The van der Waals surface area contributed by atoms with Gasteiger partial charge in [-0.05, 0) is 12.8 Å². The zero-order valence-corrected chi connectivity index (χ0v) is 11.7. The first-order valence-corrected chi connectivity index (χ1v) is 7.53. The van der Waals surface area contributed by atoms with Gasteiger partial charge in [0.15, 0.2) is 0 Å². The molecule has 0 aliphatic carbocycles. The molecule has 0 amide bonds. The van der Waals surface area contributed by atoms with Crippen LogP contribution >= 0.6 is 0 Å². The van der Waals surface area contributed by atoms with Gasteiger partial charge in [0.05, 0.1) is 24.9 Å². The maximum Gasteiger partial charge on any atom is 0.0740 e. The molecule has 0 aromatic heterocycles. The second kappa shape index (κ2) is 9.66. The van der Waals surface area contributed by atoms with Crippen molar-refractivity contribution in [2.45, 2.75) is 75.7 Å². The Morgan fingerprint density at radius 3 is 2.00 bits per heavy atom. The zero-order valence-electron chi connectivity index (χ0n) is 11.7. The normalized spacial score (nSPS) is 31.6. The predicted octanol–water partition coefficient (Wildman–Crippen LogP) is 0.154. The molecule has 5 heteroatoms. The van der Waals surface area contributed by atoms with Crippen LogP contribution in [0, 0.1) is 0 Å². The van der Waals surface area contributed by atoms with E-state index in [0.717, 1.165) is 44.9 Å². The summed E-state index contributed by atoms with van der Waals surface area (Å²) in [5.41, 5.74) is 0. The molecule has 0 radical (unpaired) electrons. The molecular weight excluding hydrogens is 246 g/mol. The minimum absolute atomic E-state index is 0.0157. The summed E-state index contributed by atoms with van der Waals surface area (Å²) in [6.07, 6.45) is 6.50. The van der Waals surface area contributed by atoms with Crippen LogP contribution in [0.5, 0.6) is 0 Å². The van der Waals surface area contributed by atoms with Crippen molar-refractivity contribution >= 4 is 0 Å². The number of unbranched alkanes of at least 4 members (excludes halogenated alkanes) is 5. The molecule has 0 bridgehead atoms. The molecule has 0 spiro atoms. The third-order valence-corrected chi connectivity index (χ3v) is 3.96. The fourth-order valence-electron chi connectivity index (χ4n) is 2.71. The lowest BCUT2D eigenvalue weighted by Crippen LogP contribution is -2.58. The highest BCUT2D eigenvalue weighted by molar-refractivity contribution is 4.91. The summed E-state index contributed by atoms with van der Waals surface area (Å²) in [6.45, 7) is 0.189. The molecule has 5 nitrogen and oxygen atoms in total. The molecule has 0 aromatic rings. The van der Waals surface area contributed by atoms with Crippen LogP contribution in [-0.4, -0.2) is 57.9 Å². The molecule has 1 aliphatic heterocycles. The fourth-order valence-corrected chi connectivity index (χ4v) is 2.71. The van der Waals surface area contributed by atoms with Gasteiger partial charge in [-0.25, -0.2) is 0 Å². The summed E-state index contributed by atoms with van der Waals surface area (Å²) in [4.78, 5) is 0. The van der Waals surface area contributed by atoms with Crippen LogP contribution in [0.15, 0.2) is 0 Å². The monoisotopic (exact) mass is 275 g/mol. The minimum atomic E-state index is -0.658. The maximum absolute atomic E-state index is 9.89. The van der Waals surface area contributed by atoms with E-state index in [1.165, 1.54) is 0 Å². The lowest BCUT2D eigenvalue weighted by atomic mass is 9.90. The van der Waals surface area contributed by atoms with E-state index >= 15 is 0 Å². The van der Waals surface area contributed by atoms with E-state index in [4.69, 9.17) is 10.2 Å². The van der Waals surface area contributed by atoms with Crippen LogP contribution in [0.3, 0.4) is 0 Å². The van der Waals surface area contributed by atoms with Gasteiger partial charge >= 0.3 is 0 Å². The maximum atomic E-state index is 9.89. The Balaban J connectivity index is 2.11. The highest BCUT2D eigenvalue weighted by atomic mass is 16.3. The van der Waals surface area contributed by atoms with Crippen LogP contribution in [0.25, 0.3) is 0 Å². The predicted molar refractivity (Wildman–Crippen MR) is 73.8 cm³/mol. The van der Waals surface area contributed by atoms with Gasteiger partial charge in [-0.1, -0.05) is 32.1 Å². The first-order chi connectivity index (χ1) is 9.19. The minimum Gasteiger partial charge on any atom is -0.396 e. The van der Waals surface area contributed by atoms with Crippen LogP contribution in [0.2, 0.25) is 0 Å². The summed E-state index contributed by atoms with van der Waals surface area (Å²) >= 11 is 0. The van der Waals surface area contributed by atoms with E-state index in [2.05, 4.69) is 5.32 Å². The second-order valence-electron chi connectivity index (χ2n) is 5.57. The Morgan fingerprint density at radius 1 is 0.789 bits per heavy atom. The first kappa shape index (κ1) is 16.9. The topological polar surface area (TPSA) is 93.0 Å². The van der Waals surface area contributed by atoms with Gasteiger partial charge in [0.25, 0.3) is 0 Å². The smallest absolute Gasteiger partial charge is 0.0740 e. The van der Waals surface area contributed by atoms with Gasteiger partial charge in [0.1, 0.15) is 0 Å². The van der Waals surface area contributed by atoms with E-state index in [-0.39, 0.29) is 25.3 Å². The largest absolute Gasteiger partial charge is 0.396 e. The van der Waals surface area contributed by atoms with Crippen LogP contribution in [-0.2, 0) is 0 Å². The SMILES string of the molecule is OCCCCCCCCC1NC(CO)C(O)CC1O. The fraction of sp³-hybridized carbons (Fsp3) is 1.00. The molecule has 0 aromatic carbocycles. The number of hydrogen-bond acceptors (Lipinski definition) is 5. The quantitative estimate of drug-likeness (QED) is 0.386. The third kappa shape index (κ3) is 6.19. The van der Waals surface area contributed by atoms with Crippen LogP contribution < -0.4 is 5.32 Å². The van der Waals surface area contributed by atoms with Crippen molar-refractivity contribution in [3.8, 4) is 0 Å². The van der Waals surface area contributed by atoms with Crippen molar-refractivity contribution in [1.82, 2.24) is 5.32 Å². The highest BCUT2D eigenvalue weighted by Gasteiger charge is 2.33. The van der Waals surface area contributed by atoms with Crippen LogP contribution in [0.1, 0.15) is 51.4 Å². The lowest BCUT2D eigenvalue weighted by molar-refractivity contribution is -0.0215. The summed E-state index contributed by atoms with van der Waals surface area (Å²) in [5, 5.41) is 40.5. The van der Waals surface area contributed by atoms with Crippen molar-refractivity contribution < 1.29 is 20.4 Å². The van der Waals surface area contributed by atoms with Gasteiger partial charge < -0.3 is 25.7 Å². The molecule has 1 rings (SSSR count). The first-order valence-electron chi connectivity index (χ1n) is 7.53.